The predicted octanol–water partition coefficient (Wildman–Crippen LogP) is 2.36. The Hall–Kier alpha value is -1.63. The van der Waals surface area contributed by atoms with Gasteiger partial charge in [0.1, 0.15) is 0 Å². The highest BCUT2D eigenvalue weighted by Gasteiger charge is 2.25. The average Bonchev–Trinajstić information content (AvgIpc) is 2.61. The number of ketones is 1. The molecule has 1 saturated heterocycles. The zero-order valence-electron chi connectivity index (χ0n) is 14.9. The van der Waals surface area contributed by atoms with E-state index in [4.69, 9.17) is 18.9 Å². The number of hydrogen-bond acceptors (Lipinski definition) is 6. The van der Waals surface area contributed by atoms with Gasteiger partial charge in [-0.3, -0.25) is 9.69 Å². The molecule has 0 aromatic heterocycles. The van der Waals surface area contributed by atoms with E-state index in [-0.39, 0.29) is 18.1 Å². The second-order valence-electron chi connectivity index (χ2n) is 5.70. The number of carbonyl (C=O) groups is 1. The second kappa shape index (κ2) is 9.01. The van der Waals surface area contributed by atoms with E-state index < -0.39 is 0 Å². The van der Waals surface area contributed by atoms with Gasteiger partial charge in [0.2, 0.25) is 0 Å². The summed E-state index contributed by atoms with van der Waals surface area (Å²) in [6.07, 6.45) is -0.377. The Bertz CT molecular complexity index is 542. The van der Waals surface area contributed by atoms with Crippen molar-refractivity contribution >= 4 is 5.78 Å². The smallest absolute Gasteiger partial charge is 0.197 e. The fourth-order valence-electron chi connectivity index (χ4n) is 2.74. The van der Waals surface area contributed by atoms with E-state index in [1.54, 1.807) is 25.3 Å². The third-order valence-corrected chi connectivity index (χ3v) is 4.12. The molecule has 0 bridgehead atoms. The molecule has 6 heteroatoms. The fourth-order valence-corrected chi connectivity index (χ4v) is 2.74. The molecule has 0 spiro atoms. The molecular weight excluding hydrogens is 310 g/mol. The molecule has 0 saturated carbocycles. The van der Waals surface area contributed by atoms with E-state index in [1.165, 1.54) is 0 Å². The molecule has 1 heterocycles. The largest absolute Gasteiger partial charge is 0.493 e. The van der Waals surface area contributed by atoms with Crippen LogP contribution in [0.3, 0.4) is 0 Å². The Morgan fingerprint density at radius 2 is 1.96 bits per heavy atom. The van der Waals surface area contributed by atoms with Crippen LogP contribution < -0.4 is 9.47 Å². The van der Waals surface area contributed by atoms with Crippen molar-refractivity contribution in [2.24, 2.45) is 0 Å². The first-order chi connectivity index (χ1) is 11.6. The number of ether oxygens (including phenoxy) is 4. The van der Waals surface area contributed by atoms with E-state index in [0.717, 1.165) is 13.1 Å². The molecule has 0 aliphatic carbocycles. The molecule has 134 valence electrons. The van der Waals surface area contributed by atoms with Crippen molar-refractivity contribution in [2.75, 3.05) is 40.0 Å². The minimum atomic E-state index is -0.377. The number of rotatable bonds is 8. The molecule has 1 aliphatic rings. The summed E-state index contributed by atoms with van der Waals surface area (Å²) >= 11 is 0. The summed E-state index contributed by atoms with van der Waals surface area (Å²) in [5.41, 5.74) is 0.613. The van der Waals surface area contributed by atoms with Crippen LogP contribution in [0.15, 0.2) is 18.2 Å². The van der Waals surface area contributed by atoms with Gasteiger partial charge in [-0.05, 0) is 39.0 Å². The fraction of sp³-hybridized carbons (Fsp3) is 0.611. The molecule has 1 aliphatic heterocycles. The predicted molar refractivity (Wildman–Crippen MR) is 90.9 cm³/mol. The molecule has 2 atom stereocenters. The molecule has 24 heavy (non-hydrogen) atoms. The monoisotopic (exact) mass is 337 g/mol. The van der Waals surface area contributed by atoms with Gasteiger partial charge in [-0.15, -0.1) is 0 Å². The van der Waals surface area contributed by atoms with Gasteiger partial charge < -0.3 is 18.9 Å². The van der Waals surface area contributed by atoms with Gasteiger partial charge in [0, 0.05) is 25.3 Å². The van der Waals surface area contributed by atoms with Gasteiger partial charge in [-0.25, -0.2) is 0 Å². The SMILES string of the molecule is CCOC(C)Oc1ccc(C(=O)C(C)N2CCOCC2)cc1OC. The summed E-state index contributed by atoms with van der Waals surface area (Å²) < 4.78 is 21.8. The van der Waals surface area contributed by atoms with Crippen molar-refractivity contribution in [1.29, 1.82) is 0 Å². The minimum Gasteiger partial charge on any atom is -0.493 e. The maximum atomic E-state index is 12.7. The molecule has 0 N–H and O–H groups in total. The first kappa shape index (κ1) is 18.7. The molecule has 2 rings (SSSR count). The van der Waals surface area contributed by atoms with Crippen molar-refractivity contribution in [3.63, 3.8) is 0 Å². The van der Waals surface area contributed by atoms with E-state index >= 15 is 0 Å². The third kappa shape index (κ3) is 4.69. The van der Waals surface area contributed by atoms with Crippen molar-refractivity contribution in [1.82, 2.24) is 4.90 Å². The van der Waals surface area contributed by atoms with E-state index in [9.17, 15) is 4.79 Å². The van der Waals surface area contributed by atoms with Crippen molar-refractivity contribution in [3.8, 4) is 11.5 Å². The normalized spacial score (nSPS) is 18.0. The first-order valence-electron chi connectivity index (χ1n) is 8.39. The van der Waals surface area contributed by atoms with Gasteiger partial charge in [-0.2, -0.15) is 0 Å². The molecular formula is C18H27NO5. The van der Waals surface area contributed by atoms with Crippen LogP contribution in [0.1, 0.15) is 31.1 Å². The third-order valence-electron chi connectivity index (χ3n) is 4.12. The lowest BCUT2D eigenvalue weighted by Gasteiger charge is -2.31. The molecule has 1 fully saturated rings. The Morgan fingerprint density at radius 3 is 2.58 bits per heavy atom. The van der Waals surface area contributed by atoms with Crippen molar-refractivity contribution in [2.45, 2.75) is 33.1 Å². The summed E-state index contributed by atoms with van der Waals surface area (Å²) in [6, 6.07) is 5.07. The van der Waals surface area contributed by atoms with Gasteiger partial charge in [0.05, 0.1) is 26.4 Å². The molecule has 2 unspecified atom stereocenters. The summed E-state index contributed by atoms with van der Waals surface area (Å²) in [6.45, 7) is 9.12. The van der Waals surface area contributed by atoms with E-state index in [0.29, 0.717) is 36.9 Å². The van der Waals surface area contributed by atoms with Gasteiger partial charge in [0.15, 0.2) is 23.6 Å². The number of methoxy groups -OCH3 is 1. The highest BCUT2D eigenvalue weighted by atomic mass is 16.7. The molecule has 0 radical (unpaired) electrons. The second-order valence-corrected chi connectivity index (χ2v) is 5.70. The highest BCUT2D eigenvalue weighted by molar-refractivity contribution is 6.00. The number of benzene rings is 1. The maximum absolute atomic E-state index is 12.7. The number of Topliss-reactive ketones (excluding diaryl/α,β-unsaturated/α-hetero) is 1. The van der Waals surface area contributed by atoms with Crippen molar-refractivity contribution in [3.05, 3.63) is 23.8 Å². The Morgan fingerprint density at radius 1 is 1.25 bits per heavy atom. The minimum absolute atomic E-state index is 0.0691. The quantitative estimate of drug-likeness (QED) is 0.536. The lowest BCUT2D eigenvalue weighted by atomic mass is 10.0. The highest BCUT2D eigenvalue weighted by Crippen LogP contribution is 2.30. The Balaban J connectivity index is 2.11. The zero-order valence-corrected chi connectivity index (χ0v) is 14.9. The maximum Gasteiger partial charge on any atom is 0.197 e. The summed E-state index contributed by atoms with van der Waals surface area (Å²) in [4.78, 5) is 14.9. The first-order valence-corrected chi connectivity index (χ1v) is 8.39. The van der Waals surface area contributed by atoms with E-state index in [2.05, 4.69) is 4.90 Å². The van der Waals surface area contributed by atoms with Crippen LogP contribution in [-0.4, -0.2) is 63.0 Å². The Kier molecular flexibility index (Phi) is 7.02. The summed E-state index contributed by atoms with van der Waals surface area (Å²) in [7, 11) is 1.56. The van der Waals surface area contributed by atoms with Crippen LogP contribution in [0, 0.1) is 0 Å². The van der Waals surface area contributed by atoms with Gasteiger partial charge in [0.25, 0.3) is 0 Å². The topological polar surface area (TPSA) is 57.2 Å². The van der Waals surface area contributed by atoms with Gasteiger partial charge >= 0.3 is 0 Å². The zero-order chi connectivity index (χ0) is 17.5. The van der Waals surface area contributed by atoms with Gasteiger partial charge in [-0.1, -0.05) is 0 Å². The Labute approximate surface area is 143 Å². The standard InChI is InChI=1S/C18H27NO5/c1-5-23-14(3)24-16-7-6-15(12-17(16)21-4)18(20)13(2)19-8-10-22-11-9-19/h6-7,12-14H,5,8-11H2,1-4H3. The average molecular weight is 337 g/mol. The summed E-state index contributed by atoms with van der Waals surface area (Å²) in [5.74, 6) is 1.16. The van der Waals surface area contributed by atoms with Crippen LogP contribution in [-0.2, 0) is 9.47 Å². The number of morpholine rings is 1. The molecule has 6 nitrogen and oxygen atoms in total. The molecule has 1 aromatic rings. The summed E-state index contributed by atoms with van der Waals surface area (Å²) in [5, 5.41) is 0. The van der Waals surface area contributed by atoms with Crippen LogP contribution in [0.25, 0.3) is 0 Å². The number of carbonyl (C=O) groups excluding carboxylic acids is 1. The van der Waals surface area contributed by atoms with Crippen LogP contribution in [0.5, 0.6) is 11.5 Å². The lowest BCUT2D eigenvalue weighted by Crippen LogP contribution is -2.45. The van der Waals surface area contributed by atoms with E-state index in [1.807, 2.05) is 20.8 Å². The van der Waals surface area contributed by atoms with Crippen LogP contribution in [0.2, 0.25) is 0 Å². The molecule has 0 amide bonds. The number of nitrogens with zero attached hydrogens (tertiary/aromatic N) is 1. The van der Waals surface area contributed by atoms with Crippen LogP contribution >= 0.6 is 0 Å². The lowest BCUT2D eigenvalue weighted by molar-refractivity contribution is -0.0623. The van der Waals surface area contributed by atoms with Crippen molar-refractivity contribution < 1.29 is 23.7 Å². The molecule has 1 aromatic carbocycles. The van der Waals surface area contributed by atoms with Crippen LogP contribution in [0.4, 0.5) is 0 Å². The number of hydrogen-bond donors (Lipinski definition) is 0.